The Morgan fingerprint density at radius 3 is 2.15 bits per heavy atom. The number of fused-ring (bicyclic) bond motifs is 2. The van der Waals surface area contributed by atoms with Gasteiger partial charge in [-0.3, -0.25) is 4.90 Å². The Labute approximate surface area is 130 Å². The van der Waals surface area contributed by atoms with Crippen LogP contribution in [0.4, 0.5) is 8.78 Å². The van der Waals surface area contributed by atoms with E-state index in [1.54, 1.807) is 0 Å². The number of nitrogens with zero attached hydrogens (tertiary/aromatic N) is 1. The molecule has 1 aromatic carbocycles. The van der Waals surface area contributed by atoms with Gasteiger partial charge in [0.25, 0.3) is 5.92 Å². The molecule has 3 rings (SSSR count). The molecule has 0 saturated carbocycles. The van der Waals surface area contributed by atoms with Gasteiger partial charge in [-0.15, -0.1) is 24.8 Å². The van der Waals surface area contributed by atoms with Crippen molar-refractivity contribution in [1.29, 1.82) is 0 Å². The van der Waals surface area contributed by atoms with Crippen molar-refractivity contribution in [2.75, 3.05) is 26.2 Å². The molecule has 2 saturated heterocycles. The molecule has 0 aliphatic carbocycles. The summed E-state index contributed by atoms with van der Waals surface area (Å²) in [5.74, 6) is -3.55. The number of nitrogens with one attached hydrogen (secondary N) is 1. The van der Waals surface area contributed by atoms with Gasteiger partial charge in [-0.05, 0) is 5.56 Å². The Kier molecular flexibility index (Phi) is 6.20. The zero-order chi connectivity index (χ0) is 12.6. The van der Waals surface area contributed by atoms with Crippen molar-refractivity contribution in [3.63, 3.8) is 0 Å². The number of halogens is 4. The van der Waals surface area contributed by atoms with E-state index in [4.69, 9.17) is 0 Å². The number of alkyl halides is 2. The van der Waals surface area contributed by atoms with E-state index in [1.807, 2.05) is 18.2 Å². The number of rotatable bonds is 2. The molecule has 6 heteroatoms. The molecule has 0 amide bonds. The first-order chi connectivity index (χ1) is 8.66. The van der Waals surface area contributed by atoms with E-state index < -0.39 is 17.8 Å². The van der Waals surface area contributed by atoms with E-state index in [-0.39, 0.29) is 24.8 Å². The molecular formula is C14H20Cl2F2N2. The molecule has 2 atom stereocenters. The molecule has 2 unspecified atom stereocenters. The monoisotopic (exact) mass is 324 g/mol. The lowest BCUT2D eigenvalue weighted by atomic mass is 9.81. The SMILES string of the molecule is Cl.Cl.FC1(F)C2CNCC1CN(Cc1ccccc1)C2. The minimum atomic E-state index is -2.49. The predicted molar refractivity (Wildman–Crippen MR) is 81.0 cm³/mol. The van der Waals surface area contributed by atoms with Crippen LogP contribution in [0.25, 0.3) is 0 Å². The van der Waals surface area contributed by atoms with Gasteiger partial charge < -0.3 is 5.32 Å². The van der Waals surface area contributed by atoms with Gasteiger partial charge in [0.15, 0.2) is 0 Å². The highest BCUT2D eigenvalue weighted by atomic mass is 35.5. The second-order valence-electron chi connectivity index (χ2n) is 5.41. The fourth-order valence-corrected chi connectivity index (χ4v) is 3.08. The van der Waals surface area contributed by atoms with Crippen LogP contribution in [0.3, 0.4) is 0 Å². The van der Waals surface area contributed by atoms with Crippen molar-refractivity contribution in [3.05, 3.63) is 35.9 Å². The quantitative estimate of drug-likeness (QED) is 0.900. The van der Waals surface area contributed by atoms with Gasteiger partial charge >= 0.3 is 0 Å². The standard InChI is InChI=1S/C14H18F2N2.2ClH/c15-14(16)12-6-17-7-13(14)10-18(9-12)8-11-4-2-1-3-5-11;;/h1-5,12-13,17H,6-10H2;2*1H. The summed E-state index contributed by atoms with van der Waals surface area (Å²) < 4.78 is 27.9. The van der Waals surface area contributed by atoms with Crippen LogP contribution < -0.4 is 5.32 Å². The van der Waals surface area contributed by atoms with Crippen LogP contribution in [0, 0.1) is 11.8 Å². The van der Waals surface area contributed by atoms with Crippen LogP contribution in [0.1, 0.15) is 5.56 Å². The van der Waals surface area contributed by atoms with E-state index in [1.165, 1.54) is 5.56 Å². The van der Waals surface area contributed by atoms with Crippen LogP contribution in [-0.4, -0.2) is 37.0 Å². The minimum absolute atomic E-state index is 0. The van der Waals surface area contributed by atoms with Gasteiger partial charge in [0.2, 0.25) is 0 Å². The topological polar surface area (TPSA) is 15.3 Å². The molecule has 20 heavy (non-hydrogen) atoms. The van der Waals surface area contributed by atoms with E-state index in [2.05, 4.69) is 22.3 Å². The molecule has 2 aliphatic rings. The van der Waals surface area contributed by atoms with Gasteiger partial charge in [-0.2, -0.15) is 0 Å². The lowest BCUT2D eigenvalue weighted by Crippen LogP contribution is -2.62. The summed E-state index contributed by atoms with van der Waals surface area (Å²) in [5.41, 5.74) is 1.20. The van der Waals surface area contributed by atoms with Crippen molar-refractivity contribution < 1.29 is 8.78 Å². The second kappa shape index (κ2) is 7.03. The Bertz CT molecular complexity index is 401. The lowest BCUT2D eigenvalue weighted by Gasteiger charge is -2.47. The van der Waals surface area contributed by atoms with Gasteiger partial charge in [0.1, 0.15) is 0 Å². The molecular weight excluding hydrogens is 305 g/mol. The summed E-state index contributed by atoms with van der Waals surface area (Å²) in [6, 6.07) is 10.1. The highest BCUT2D eigenvalue weighted by Crippen LogP contribution is 2.40. The Morgan fingerprint density at radius 2 is 1.60 bits per heavy atom. The fraction of sp³-hybridized carbons (Fsp3) is 0.571. The minimum Gasteiger partial charge on any atom is -0.316 e. The number of hydrogen-bond acceptors (Lipinski definition) is 2. The molecule has 0 spiro atoms. The van der Waals surface area contributed by atoms with Crippen molar-refractivity contribution in [3.8, 4) is 0 Å². The number of piperidine rings is 2. The molecule has 2 heterocycles. The molecule has 0 radical (unpaired) electrons. The Morgan fingerprint density at radius 1 is 1.05 bits per heavy atom. The summed E-state index contributed by atoms with van der Waals surface area (Å²) in [6.07, 6.45) is 0. The van der Waals surface area contributed by atoms with Crippen molar-refractivity contribution >= 4 is 24.8 Å². The third kappa shape index (κ3) is 3.42. The van der Waals surface area contributed by atoms with E-state index in [9.17, 15) is 8.78 Å². The summed E-state index contributed by atoms with van der Waals surface area (Å²) in [5, 5.41) is 3.12. The van der Waals surface area contributed by atoms with E-state index >= 15 is 0 Å². The average Bonchev–Trinajstić information content (AvgIpc) is 2.31. The molecule has 2 aliphatic heterocycles. The van der Waals surface area contributed by atoms with Crippen LogP contribution >= 0.6 is 24.8 Å². The Balaban J connectivity index is 0.000001000. The molecule has 1 N–H and O–H groups in total. The van der Waals surface area contributed by atoms with Crippen LogP contribution in [0.5, 0.6) is 0 Å². The van der Waals surface area contributed by atoms with Crippen molar-refractivity contribution in [2.45, 2.75) is 12.5 Å². The molecule has 0 aromatic heterocycles. The lowest BCUT2D eigenvalue weighted by molar-refractivity contribution is -0.164. The van der Waals surface area contributed by atoms with Gasteiger partial charge in [-0.25, -0.2) is 8.78 Å². The largest absolute Gasteiger partial charge is 0.316 e. The van der Waals surface area contributed by atoms with E-state index in [0.29, 0.717) is 26.2 Å². The average molecular weight is 325 g/mol. The molecule has 1 aromatic rings. The number of benzene rings is 1. The van der Waals surface area contributed by atoms with Crippen LogP contribution in [0.2, 0.25) is 0 Å². The summed E-state index contributed by atoms with van der Waals surface area (Å²) in [4.78, 5) is 2.17. The highest BCUT2D eigenvalue weighted by Gasteiger charge is 2.53. The Hall–Kier alpha value is -0.420. The van der Waals surface area contributed by atoms with Gasteiger partial charge in [-0.1, -0.05) is 30.3 Å². The van der Waals surface area contributed by atoms with Gasteiger partial charge in [0.05, 0.1) is 0 Å². The first kappa shape index (κ1) is 17.6. The van der Waals surface area contributed by atoms with E-state index in [0.717, 1.165) is 6.54 Å². The maximum absolute atomic E-state index is 14.0. The highest BCUT2D eigenvalue weighted by molar-refractivity contribution is 5.85. The smallest absolute Gasteiger partial charge is 0.258 e. The van der Waals surface area contributed by atoms with Gasteiger partial charge in [0, 0.05) is 44.6 Å². The van der Waals surface area contributed by atoms with Crippen LogP contribution in [-0.2, 0) is 6.54 Å². The summed E-state index contributed by atoms with van der Waals surface area (Å²) in [7, 11) is 0. The maximum Gasteiger partial charge on any atom is 0.258 e. The first-order valence-corrected chi connectivity index (χ1v) is 6.51. The first-order valence-electron chi connectivity index (χ1n) is 6.51. The predicted octanol–water partition coefficient (Wildman–Crippen LogP) is 2.82. The zero-order valence-electron chi connectivity index (χ0n) is 11.1. The normalized spacial score (nSPS) is 28.1. The maximum atomic E-state index is 14.0. The molecule has 2 nitrogen and oxygen atoms in total. The van der Waals surface area contributed by atoms with Crippen molar-refractivity contribution in [2.24, 2.45) is 11.8 Å². The third-order valence-electron chi connectivity index (χ3n) is 4.08. The van der Waals surface area contributed by atoms with Crippen LogP contribution in [0.15, 0.2) is 30.3 Å². The van der Waals surface area contributed by atoms with Crippen molar-refractivity contribution in [1.82, 2.24) is 10.2 Å². The second-order valence-corrected chi connectivity index (χ2v) is 5.41. The number of likely N-dealkylation sites (tertiary alicyclic amines) is 1. The fourth-order valence-electron chi connectivity index (χ4n) is 3.08. The zero-order valence-corrected chi connectivity index (χ0v) is 12.7. The molecule has 2 bridgehead atoms. The third-order valence-corrected chi connectivity index (χ3v) is 4.08. The number of hydrogen-bond donors (Lipinski definition) is 1. The summed E-state index contributed by atoms with van der Waals surface area (Å²) in [6.45, 7) is 2.64. The molecule has 2 fully saturated rings. The summed E-state index contributed by atoms with van der Waals surface area (Å²) >= 11 is 0. The molecule has 114 valence electrons.